The monoisotopic (exact) mass is 531 g/mol. The van der Waals surface area contributed by atoms with Gasteiger partial charge < -0.3 is 14.2 Å². The molecular formula is C27H28Cl3N3O2. The second-order valence-electron chi connectivity index (χ2n) is 9.68. The fraction of sp³-hybridized carbons (Fsp3) is 0.407. The molecule has 0 bridgehead atoms. The summed E-state index contributed by atoms with van der Waals surface area (Å²) in [4.78, 5) is 20.0. The van der Waals surface area contributed by atoms with Gasteiger partial charge in [-0.2, -0.15) is 0 Å². The summed E-state index contributed by atoms with van der Waals surface area (Å²) in [7, 11) is 0. The van der Waals surface area contributed by atoms with E-state index in [1.165, 1.54) is 12.8 Å². The maximum atomic E-state index is 13.7. The number of halogens is 3. The van der Waals surface area contributed by atoms with Gasteiger partial charge in [0.2, 0.25) is 5.88 Å². The molecule has 1 aliphatic heterocycles. The third-order valence-corrected chi connectivity index (χ3v) is 8.22. The molecule has 1 unspecified atom stereocenters. The highest BCUT2D eigenvalue weighted by molar-refractivity contribution is 6.42. The summed E-state index contributed by atoms with van der Waals surface area (Å²) in [5.74, 6) is 0.658. The Morgan fingerprint density at radius 2 is 1.83 bits per heavy atom. The quantitative estimate of drug-likeness (QED) is 0.340. The van der Waals surface area contributed by atoms with Crippen LogP contribution in [0.3, 0.4) is 0 Å². The van der Waals surface area contributed by atoms with E-state index in [0.717, 1.165) is 22.5 Å². The zero-order chi connectivity index (χ0) is 24.9. The minimum Gasteiger partial charge on any atom is -0.474 e. The van der Waals surface area contributed by atoms with E-state index in [-0.39, 0.29) is 23.8 Å². The van der Waals surface area contributed by atoms with E-state index >= 15 is 0 Å². The summed E-state index contributed by atoms with van der Waals surface area (Å²) in [5.41, 5.74) is 4.04. The van der Waals surface area contributed by atoms with Crippen molar-refractivity contribution in [3.8, 4) is 5.88 Å². The minimum atomic E-state index is -0.195. The molecule has 2 aromatic heterocycles. The highest BCUT2D eigenvalue weighted by atomic mass is 35.5. The second-order valence-corrected chi connectivity index (χ2v) is 10.9. The topological polar surface area (TPSA) is 47.4 Å². The maximum Gasteiger partial charge on any atom is 0.255 e. The molecule has 1 aromatic carbocycles. The van der Waals surface area contributed by atoms with Gasteiger partial charge >= 0.3 is 0 Å². The molecule has 5 nitrogen and oxygen atoms in total. The maximum absolute atomic E-state index is 13.7. The molecule has 2 aliphatic rings. The van der Waals surface area contributed by atoms with Crippen LogP contribution in [-0.2, 0) is 0 Å². The summed E-state index contributed by atoms with van der Waals surface area (Å²) in [6, 6.07) is 11.8. The van der Waals surface area contributed by atoms with E-state index in [2.05, 4.69) is 23.4 Å². The zero-order valence-electron chi connectivity index (χ0n) is 20.0. The molecule has 1 aliphatic carbocycles. The van der Waals surface area contributed by atoms with Crippen molar-refractivity contribution in [1.82, 2.24) is 14.5 Å². The Balaban J connectivity index is 1.43. The molecule has 1 saturated heterocycles. The molecule has 3 atom stereocenters. The Labute approximate surface area is 220 Å². The first-order chi connectivity index (χ1) is 16.7. The molecule has 0 spiro atoms. The molecule has 3 aromatic rings. The summed E-state index contributed by atoms with van der Waals surface area (Å²) >= 11 is 18.5. The molecule has 0 N–H and O–H groups in total. The lowest BCUT2D eigenvalue weighted by molar-refractivity contribution is 0.0769. The van der Waals surface area contributed by atoms with Gasteiger partial charge in [-0.25, -0.2) is 4.98 Å². The third-order valence-electron chi connectivity index (χ3n) is 7.26. The molecule has 3 heterocycles. The van der Waals surface area contributed by atoms with Crippen LogP contribution in [-0.4, -0.2) is 39.6 Å². The van der Waals surface area contributed by atoms with E-state index in [1.54, 1.807) is 18.3 Å². The molecule has 184 valence electrons. The van der Waals surface area contributed by atoms with Crippen molar-refractivity contribution in [2.24, 2.45) is 5.92 Å². The summed E-state index contributed by atoms with van der Waals surface area (Å²) < 4.78 is 8.52. The van der Waals surface area contributed by atoms with E-state index in [1.807, 2.05) is 36.1 Å². The zero-order valence-corrected chi connectivity index (χ0v) is 22.2. The van der Waals surface area contributed by atoms with Crippen molar-refractivity contribution >= 4 is 40.7 Å². The third kappa shape index (κ3) is 4.91. The van der Waals surface area contributed by atoms with Gasteiger partial charge in [0.1, 0.15) is 6.10 Å². The smallest absolute Gasteiger partial charge is 0.255 e. The number of aryl methyl sites for hydroxylation is 1. The predicted molar refractivity (Wildman–Crippen MR) is 140 cm³/mol. The number of rotatable bonds is 6. The van der Waals surface area contributed by atoms with Crippen molar-refractivity contribution in [3.05, 3.63) is 80.2 Å². The van der Waals surface area contributed by atoms with Crippen molar-refractivity contribution in [2.75, 3.05) is 13.1 Å². The van der Waals surface area contributed by atoms with Crippen LogP contribution < -0.4 is 4.74 Å². The van der Waals surface area contributed by atoms with Crippen LogP contribution in [0.1, 0.15) is 59.0 Å². The Morgan fingerprint density at radius 1 is 1.06 bits per heavy atom. The van der Waals surface area contributed by atoms with Crippen LogP contribution in [0.25, 0.3) is 0 Å². The molecular weight excluding hydrogens is 505 g/mol. The van der Waals surface area contributed by atoms with Crippen molar-refractivity contribution < 1.29 is 9.53 Å². The van der Waals surface area contributed by atoms with Gasteiger partial charge in [-0.3, -0.25) is 4.79 Å². The van der Waals surface area contributed by atoms with E-state index in [9.17, 15) is 4.79 Å². The van der Waals surface area contributed by atoms with Gasteiger partial charge in [-0.1, -0.05) is 40.9 Å². The fourth-order valence-corrected chi connectivity index (χ4v) is 5.75. The summed E-state index contributed by atoms with van der Waals surface area (Å²) in [5, 5.41) is 1.58. The average molecular weight is 533 g/mol. The Hall–Kier alpha value is -2.21. The number of carbonyl (C=O) groups excluding carboxylic acids is 1. The lowest BCUT2D eigenvalue weighted by Crippen LogP contribution is -2.32. The van der Waals surface area contributed by atoms with Crippen LogP contribution in [0.4, 0.5) is 0 Å². The van der Waals surface area contributed by atoms with Crippen LogP contribution in [0.15, 0.2) is 42.6 Å². The van der Waals surface area contributed by atoms with Gasteiger partial charge in [-0.05, 0) is 63.4 Å². The summed E-state index contributed by atoms with van der Waals surface area (Å²) in [6.45, 7) is 7.32. The molecule has 1 saturated carbocycles. The second kappa shape index (κ2) is 9.68. The largest absolute Gasteiger partial charge is 0.474 e. The molecule has 0 radical (unpaired) electrons. The fourth-order valence-electron chi connectivity index (χ4n) is 5.33. The minimum absolute atomic E-state index is 0.0422. The highest BCUT2D eigenvalue weighted by Crippen LogP contribution is 2.41. The first-order valence-electron chi connectivity index (χ1n) is 11.9. The average Bonchev–Trinajstić information content (AvgIpc) is 3.47. The lowest BCUT2D eigenvalue weighted by Gasteiger charge is -2.25. The van der Waals surface area contributed by atoms with Gasteiger partial charge in [-0.15, -0.1) is 0 Å². The van der Waals surface area contributed by atoms with E-state index in [4.69, 9.17) is 39.5 Å². The molecule has 35 heavy (non-hydrogen) atoms. The van der Waals surface area contributed by atoms with Gasteiger partial charge in [0.05, 0.1) is 20.6 Å². The number of pyridine rings is 1. The highest BCUT2D eigenvalue weighted by Gasteiger charge is 2.41. The van der Waals surface area contributed by atoms with Crippen LogP contribution in [0.2, 0.25) is 15.1 Å². The molecule has 8 heteroatoms. The number of likely N-dealkylation sites (tertiary alicyclic amines) is 1. The van der Waals surface area contributed by atoms with Gasteiger partial charge in [0, 0.05) is 54.6 Å². The Bertz CT molecular complexity index is 1250. The molecule has 5 rings (SSSR count). The Morgan fingerprint density at radius 3 is 2.49 bits per heavy atom. The number of amides is 1. The number of aromatic nitrogens is 2. The SMILES string of the molecule is Cc1cc(C(=O)N2CC([C@@H](C)Oc3ccc(Cl)cn3)[C@H](c3ccc(Cl)c(Cl)c3)C2)c(C)n1C1CC1. The van der Waals surface area contributed by atoms with Crippen molar-refractivity contribution in [2.45, 2.75) is 51.7 Å². The number of nitrogens with zero attached hydrogens (tertiary/aromatic N) is 3. The summed E-state index contributed by atoms with van der Waals surface area (Å²) in [6.07, 6.45) is 3.74. The number of carbonyl (C=O) groups is 1. The molecule has 2 fully saturated rings. The number of hydrogen-bond donors (Lipinski definition) is 0. The lowest BCUT2D eigenvalue weighted by atomic mass is 9.86. The normalized spacial score (nSPS) is 20.8. The first-order valence-corrected chi connectivity index (χ1v) is 13.1. The Kier molecular flexibility index (Phi) is 6.77. The number of hydrogen-bond acceptors (Lipinski definition) is 3. The molecule has 1 amide bonds. The van der Waals surface area contributed by atoms with Crippen molar-refractivity contribution in [3.63, 3.8) is 0 Å². The first kappa shape index (κ1) is 24.5. The van der Waals surface area contributed by atoms with Crippen LogP contribution >= 0.6 is 34.8 Å². The standard InChI is InChI=1S/C27H28Cl3N3O2/c1-15-10-21(16(2)33(15)20-6-7-20)27(34)32-13-22(17(3)35-26-9-5-19(28)12-31-26)23(14-32)18-4-8-24(29)25(30)11-18/h4-5,8-12,17,20,22-23H,6-7,13-14H2,1-3H3/t17-,22?,23+/m1/s1. The van der Waals surface area contributed by atoms with E-state index < -0.39 is 0 Å². The van der Waals surface area contributed by atoms with Crippen LogP contribution in [0, 0.1) is 19.8 Å². The predicted octanol–water partition coefficient (Wildman–Crippen LogP) is 7.12. The van der Waals surface area contributed by atoms with Gasteiger partial charge in [0.15, 0.2) is 0 Å². The van der Waals surface area contributed by atoms with Crippen molar-refractivity contribution in [1.29, 1.82) is 0 Å². The van der Waals surface area contributed by atoms with Gasteiger partial charge in [0.25, 0.3) is 5.91 Å². The number of ether oxygens (including phenoxy) is 1. The van der Waals surface area contributed by atoms with Crippen LogP contribution in [0.5, 0.6) is 5.88 Å². The number of benzene rings is 1. The van der Waals surface area contributed by atoms with E-state index in [0.29, 0.717) is 40.1 Å².